The van der Waals surface area contributed by atoms with Crippen LogP contribution >= 0.6 is 11.6 Å². The molecule has 3 aromatic carbocycles. The van der Waals surface area contributed by atoms with Crippen LogP contribution in [-0.4, -0.2) is 65.1 Å². The molecule has 8 nitrogen and oxygen atoms in total. The monoisotopic (exact) mass is 607 g/mol. The number of anilines is 1. The number of nitrogens with zero attached hydrogens (tertiary/aromatic N) is 4. The molecule has 0 bridgehead atoms. The third-order valence-electron chi connectivity index (χ3n) is 8.73. The Morgan fingerprint density at radius 1 is 1.00 bits per heavy atom. The van der Waals surface area contributed by atoms with Crippen LogP contribution in [0.25, 0.3) is 11.3 Å². The molecule has 0 radical (unpaired) electrons. The van der Waals surface area contributed by atoms with Gasteiger partial charge in [0.1, 0.15) is 0 Å². The molecule has 1 saturated heterocycles. The highest BCUT2D eigenvalue weighted by atomic mass is 35.5. The Bertz CT molecular complexity index is 1750. The Labute approximate surface area is 262 Å². The lowest BCUT2D eigenvalue weighted by Crippen LogP contribution is -2.52. The van der Waals surface area contributed by atoms with Gasteiger partial charge in [-0.15, -0.1) is 0 Å². The molecule has 1 aromatic heterocycles. The quantitative estimate of drug-likeness (QED) is 0.305. The molecule has 0 spiro atoms. The molecule has 6 rings (SSSR count). The van der Waals surface area contributed by atoms with Crippen LogP contribution in [0.1, 0.15) is 43.1 Å². The number of rotatable bonds is 6. The van der Waals surface area contributed by atoms with Crippen LogP contribution in [0.15, 0.2) is 72.8 Å². The summed E-state index contributed by atoms with van der Waals surface area (Å²) in [5, 5.41) is 12.5. The Morgan fingerprint density at radius 3 is 2.45 bits per heavy atom. The minimum atomic E-state index is -0.276. The predicted molar refractivity (Wildman–Crippen MR) is 171 cm³/mol. The zero-order chi connectivity index (χ0) is 30.8. The molecular weight excluding hydrogens is 574 g/mol. The minimum Gasteiger partial charge on any atom is -0.379 e. The standard InChI is InChI=1S/C35H34ClN5O3/c1-23-31(34(42)38-28-10-7-24(20-37)8-11-28)19-33(39(23)2)32-18-27(36)9-12-30(32)35(43)41-21-26-6-4-3-5-25(26)17-29(41)22-40-13-15-44-16-14-40/h3-12,18-19,29H,13-17,21-22H2,1-2H3,(H,38,42)/t29-/m0/s1. The molecule has 0 unspecified atom stereocenters. The van der Waals surface area contributed by atoms with E-state index in [0.717, 1.165) is 43.0 Å². The lowest BCUT2D eigenvalue weighted by atomic mass is 9.92. The lowest BCUT2D eigenvalue weighted by molar-refractivity contribution is 0.0193. The highest BCUT2D eigenvalue weighted by Gasteiger charge is 2.33. The number of nitrogens with one attached hydrogen (secondary N) is 1. The molecule has 0 saturated carbocycles. The van der Waals surface area contributed by atoms with Crippen molar-refractivity contribution in [3.8, 4) is 17.3 Å². The van der Waals surface area contributed by atoms with Gasteiger partial charge in [0.05, 0.1) is 30.4 Å². The highest BCUT2D eigenvalue weighted by Crippen LogP contribution is 2.34. The number of amides is 2. The van der Waals surface area contributed by atoms with Gasteiger partial charge < -0.3 is 19.5 Å². The van der Waals surface area contributed by atoms with Gasteiger partial charge in [-0.1, -0.05) is 35.9 Å². The number of hydrogen-bond acceptors (Lipinski definition) is 5. The molecule has 3 heterocycles. The van der Waals surface area contributed by atoms with Crippen molar-refractivity contribution in [2.24, 2.45) is 7.05 Å². The number of carbonyl (C=O) groups excluding carboxylic acids is 2. The van der Waals surface area contributed by atoms with E-state index in [4.69, 9.17) is 21.6 Å². The van der Waals surface area contributed by atoms with Crippen LogP contribution in [0.5, 0.6) is 0 Å². The van der Waals surface area contributed by atoms with E-state index in [0.29, 0.717) is 52.7 Å². The van der Waals surface area contributed by atoms with E-state index in [1.54, 1.807) is 42.5 Å². The van der Waals surface area contributed by atoms with E-state index in [2.05, 4.69) is 34.5 Å². The van der Waals surface area contributed by atoms with E-state index in [9.17, 15) is 9.59 Å². The summed E-state index contributed by atoms with van der Waals surface area (Å²) < 4.78 is 7.49. The number of ether oxygens (including phenoxy) is 1. The topological polar surface area (TPSA) is 90.6 Å². The molecule has 1 fully saturated rings. The van der Waals surface area contributed by atoms with E-state index in [1.807, 2.05) is 35.6 Å². The van der Waals surface area contributed by atoms with Gasteiger partial charge >= 0.3 is 0 Å². The van der Waals surface area contributed by atoms with E-state index in [1.165, 1.54) is 5.56 Å². The van der Waals surface area contributed by atoms with E-state index in [-0.39, 0.29) is 17.9 Å². The van der Waals surface area contributed by atoms with Crippen LogP contribution in [0.4, 0.5) is 5.69 Å². The second-order valence-corrected chi connectivity index (χ2v) is 11.8. The molecule has 224 valence electrons. The maximum atomic E-state index is 14.5. The minimum absolute atomic E-state index is 0.00272. The first kappa shape index (κ1) is 29.6. The van der Waals surface area contributed by atoms with Gasteiger partial charge in [0.25, 0.3) is 11.8 Å². The Hall–Kier alpha value is -4.42. The third-order valence-corrected chi connectivity index (χ3v) is 8.96. The smallest absolute Gasteiger partial charge is 0.257 e. The lowest BCUT2D eigenvalue weighted by Gasteiger charge is -2.40. The number of benzene rings is 3. The van der Waals surface area contributed by atoms with Crippen LogP contribution in [0.3, 0.4) is 0 Å². The molecule has 0 aliphatic carbocycles. The van der Waals surface area contributed by atoms with Crippen LogP contribution in [0.2, 0.25) is 5.02 Å². The molecule has 1 N–H and O–H groups in total. The van der Waals surface area contributed by atoms with Gasteiger partial charge in [0.15, 0.2) is 0 Å². The van der Waals surface area contributed by atoms with Crippen molar-refractivity contribution in [2.75, 3.05) is 38.2 Å². The Morgan fingerprint density at radius 2 is 1.73 bits per heavy atom. The highest BCUT2D eigenvalue weighted by molar-refractivity contribution is 6.31. The van der Waals surface area contributed by atoms with Crippen molar-refractivity contribution >= 4 is 29.1 Å². The second kappa shape index (κ2) is 12.7. The zero-order valence-electron chi connectivity index (χ0n) is 24.8. The van der Waals surface area contributed by atoms with Crippen molar-refractivity contribution in [1.82, 2.24) is 14.4 Å². The fourth-order valence-corrected chi connectivity index (χ4v) is 6.33. The van der Waals surface area contributed by atoms with E-state index < -0.39 is 0 Å². The normalized spacial score (nSPS) is 16.7. The summed E-state index contributed by atoms with van der Waals surface area (Å²) in [6.45, 7) is 6.28. The summed E-state index contributed by atoms with van der Waals surface area (Å²) in [6.07, 6.45) is 0.783. The molecule has 9 heteroatoms. The predicted octanol–water partition coefficient (Wildman–Crippen LogP) is 5.68. The number of aromatic nitrogens is 1. The van der Waals surface area contributed by atoms with Gasteiger partial charge in [-0.2, -0.15) is 5.26 Å². The summed E-state index contributed by atoms with van der Waals surface area (Å²) >= 11 is 6.52. The largest absolute Gasteiger partial charge is 0.379 e. The summed E-state index contributed by atoms with van der Waals surface area (Å²) in [5.41, 5.74) is 6.73. The number of morpholine rings is 1. The van der Waals surface area contributed by atoms with Crippen molar-refractivity contribution in [3.63, 3.8) is 0 Å². The van der Waals surface area contributed by atoms with Crippen molar-refractivity contribution in [2.45, 2.75) is 25.9 Å². The number of carbonyl (C=O) groups is 2. The second-order valence-electron chi connectivity index (χ2n) is 11.4. The summed E-state index contributed by atoms with van der Waals surface area (Å²) in [4.78, 5) is 32.3. The zero-order valence-corrected chi connectivity index (χ0v) is 25.6. The van der Waals surface area contributed by atoms with Crippen LogP contribution in [0, 0.1) is 18.3 Å². The molecule has 4 aromatic rings. The molecule has 1 atom stereocenters. The molecule has 2 aliphatic heterocycles. The first-order valence-electron chi connectivity index (χ1n) is 14.8. The summed E-state index contributed by atoms with van der Waals surface area (Å²) in [6, 6.07) is 24.3. The molecule has 2 amide bonds. The maximum Gasteiger partial charge on any atom is 0.257 e. The number of halogens is 1. The Balaban J connectivity index is 1.33. The average Bonchev–Trinajstić information content (AvgIpc) is 3.34. The maximum absolute atomic E-state index is 14.5. The summed E-state index contributed by atoms with van der Waals surface area (Å²) in [5.74, 6) is -0.339. The van der Waals surface area contributed by atoms with Crippen molar-refractivity contribution in [1.29, 1.82) is 5.26 Å². The first-order valence-corrected chi connectivity index (χ1v) is 15.2. The SMILES string of the molecule is Cc1c(C(=O)Nc2ccc(C#N)cc2)cc(-c2cc(Cl)ccc2C(=O)N2Cc3ccccc3C[C@H]2CN2CCOCC2)n1C. The number of hydrogen-bond donors (Lipinski definition) is 1. The Kier molecular flexibility index (Phi) is 8.53. The fourth-order valence-electron chi connectivity index (χ4n) is 6.15. The third kappa shape index (κ3) is 6.00. The fraction of sp³-hybridized carbons (Fsp3) is 0.286. The van der Waals surface area contributed by atoms with Gasteiger partial charge in [-0.05, 0) is 73.0 Å². The van der Waals surface area contributed by atoms with Crippen molar-refractivity contribution < 1.29 is 14.3 Å². The molecule has 44 heavy (non-hydrogen) atoms. The van der Waals surface area contributed by atoms with Gasteiger partial charge in [-0.25, -0.2) is 0 Å². The van der Waals surface area contributed by atoms with Crippen molar-refractivity contribution in [3.05, 3.63) is 111 Å². The van der Waals surface area contributed by atoms with Crippen LogP contribution < -0.4 is 5.32 Å². The van der Waals surface area contributed by atoms with Crippen LogP contribution in [-0.2, 0) is 24.8 Å². The number of nitriles is 1. The average molecular weight is 608 g/mol. The molecular formula is C35H34ClN5O3. The summed E-state index contributed by atoms with van der Waals surface area (Å²) in [7, 11) is 1.89. The van der Waals surface area contributed by atoms with Gasteiger partial charge in [0.2, 0.25) is 0 Å². The van der Waals surface area contributed by atoms with Gasteiger partial charge in [-0.3, -0.25) is 14.5 Å². The van der Waals surface area contributed by atoms with E-state index >= 15 is 0 Å². The van der Waals surface area contributed by atoms with Gasteiger partial charge in [0, 0.05) is 72.5 Å². The molecule has 2 aliphatic rings. The number of fused-ring (bicyclic) bond motifs is 1. The first-order chi connectivity index (χ1) is 21.3.